The molecule has 0 bridgehead atoms. The molecule has 1 aliphatic heterocycles. The van der Waals surface area contributed by atoms with Crippen LogP contribution in [0.3, 0.4) is 0 Å². The predicted octanol–water partition coefficient (Wildman–Crippen LogP) is 2.95. The summed E-state index contributed by atoms with van der Waals surface area (Å²) < 4.78 is 4.13. The summed E-state index contributed by atoms with van der Waals surface area (Å²) in [5, 5.41) is 16.5. The second-order valence-corrected chi connectivity index (χ2v) is 6.49. The lowest BCUT2D eigenvalue weighted by Gasteiger charge is -2.14. The molecule has 0 amide bonds. The third-order valence-electron chi connectivity index (χ3n) is 4.58. The maximum Gasteiger partial charge on any atom is 0.154 e. The lowest BCUT2D eigenvalue weighted by Crippen LogP contribution is -2.08. The Bertz CT molecular complexity index is 830. The van der Waals surface area contributed by atoms with Crippen LogP contribution in [0.2, 0.25) is 0 Å². The average molecular weight is 322 g/mol. The molecule has 0 saturated heterocycles. The Morgan fingerprint density at radius 3 is 2.88 bits per heavy atom. The van der Waals surface area contributed by atoms with E-state index < -0.39 is 0 Å². The summed E-state index contributed by atoms with van der Waals surface area (Å²) in [5.74, 6) is 2.09. The van der Waals surface area contributed by atoms with Crippen molar-refractivity contribution in [1.29, 1.82) is 0 Å². The van der Waals surface area contributed by atoms with E-state index in [2.05, 4.69) is 63.3 Å². The van der Waals surface area contributed by atoms with Gasteiger partial charge in [0.05, 0.1) is 11.9 Å². The summed E-state index contributed by atoms with van der Waals surface area (Å²) in [4.78, 5) is 0. The summed E-state index contributed by atoms with van der Waals surface area (Å²) >= 11 is 0. The minimum atomic E-state index is 0.237. The third kappa shape index (κ3) is 2.91. The van der Waals surface area contributed by atoms with E-state index in [-0.39, 0.29) is 6.04 Å². The molecule has 0 fully saturated rings. The van der Waals surface area contributed by atoms with Crippen LogP contribution < -0.4 is 5.32 Å². The van der Waals surface area contributed by atoms with E-state index >= 15 is 0 Å². The Balaban J connectivity index is 1.43. The molecular formula is C18H22N6. The van der Waals surface area contributed by atoms with Gasteiger partial charge in [-0.3, -0.25) is 4.68 Å². The highest BCUT2D eigenvalue weighted by Gasteiger charge is 2.17. The maximum atomic E-state index is 4.45. The summed E-state index contributed by atoms with van der Waals surface area (Å²) in [7, 11) is 0. The molecule has 4 rings (SSSR count). The topological polar surface area (TPSA) is 60.6 Å². The highest BCUT2D eigenvalue weighted by atomic mass is 15.3. The molecule has 24 heavy (non-hydrogen) atoms. The highest BCUT2D eigenvalue weighted by molar-refractivity contribution is 5.41. The van der Waals surface area contributed by atoms with Gasteiger partial charge in [-0.2, -0.15) is 5.10 Å². The van der Waals surface area contributed by atoms with E-state index in [1.165, 1.54) is 11.1 Å². The second-order valence-electron chi connectivity index (χ2n) is 6.49. The van der Waals surface area contributed by atoms with Crippen LogP contribution in [0.4, 0.5) is 5.69 Å². The molecule has 0 radical (unpaired) electrons. The second kappa shape index (κ2) is 6.11. The zero-order valence-electron chi connectivity index (χ0n) is 14.1. The standard InChI is InChI=1S/C18H22N6/c1-13-5-7-15(8-6-13)14(2)20-16-10-19-23(11-16)12-18-22-21-17-4-3-9-24(17)18/h5-8,10-11,14,20H,3-4,9,12H2,1-2H3. The number of fused-ring (bicyclic) bond motifs is 1. The number of hydrogen-bond donors (Lipinski definition) is 1. The molecule has 2 aromatic heterocycles. The normalized spacial score (nSPS) is 14.6. The van der Waals surface area contributed by atoms with Crippen molar-refractivity contribution in [3.63, 3.8) is 0 Å². The minimum absolute atomic E-state index is 0.237. The van der Waals surface area contributed by atoms with Gasteiger partial charge in [-0.25, -0.2) is 0 Å². The SMILES string of the molecule is Cc1ccc(C(C)Nc2cnn(Cc3nnc4n3CCC4)c2)cc1. The molecule has 1 aromatic carbocycles. The molecule has 0 saturated carbocycles. The van der Waals surface area contributed by atoms with Crippen LogP contribution in [-0.2, 0) is 19.5 Å². The number of nitrogens with one attached hydrogen (secondary N) is 1. The van der Waals surface area contributed by atoms with Crippen LogP contribution in [0.5, 0.6) is 0 Å². The van der Waals surface area contributed by atoms with E-state index in [1.54, 1.807) is 0 Å². The molecule has 6 nitrogen and oxygen atoms in total. The molecule has 1 aliphatic rings. The minimum Gasteiger partial charge on any atom is -0.376 e. The smallest absolute Gasteiger partial charge is 0.154 e. The third-order valence-corrected chi connectivity index (χ3v) is 4.58. The summed E-state index contributed by atoms with van der Waals surface area (Å²) in [6.45, 7) is 5.95. The largest absolute Gasteiger partial charge is 0.376 e. The van der Waals surface area contributed by atoms with Crippen molar-refractivity contribution in [1.82, 2.24) is 24.5 Å². The Labute approximate surface area is 141 Å². The van der Waals surface area contributed by atoms with Gasteiger partial charge in [-0.05, 0) is 25.8 Å². The van der Waals surface area contributed by atoms with Crippen LogP contribution in [0.1, 0.15) is 42.2 Å². The van der Waals surface area contributed by atoms with E-state index in [0.29, 0.717) is 6.54 Å². The Morgan fingerprint density at radius 1 is 1.21 bits per heavy atom. The monoisotopic (exact) mass is 322 g/mol. The van der Waals surface area contributed by atoms with Crippen LogP contribution in [0, 0.1) is 6.92 Å². The Morgan fingerprint density at radius 2 is 2.04 bits per heavy atom. The van der Waals surface area contributed by atoms with E-state index in [9.17, 15) is 0 Å². The lowest BCUT2D eigenvalue weighted by molar-refractivity contribution is 0.604. The van der Waals surface area contributed by atoms with E-state index in [4.69, 9.17) is 0 Å². The molecule has 1 N–H and O–H groups in total. The quantitative estimate of drug-likeness (QED) is 0.784. The van der Waals surface area contributed by atoms with Crippen LogP contribution in [0.15, 0.2) is 36.7 Å². The van der Waals surface area contributed by atoms with Gasteiger partial charge in [-0.15, -0.1) is 10.2 Å². The van der Waals surface area contributed by atoms with Crippen molar-refractivity contribution in [2.75, 3.05) is 5.32 Å². The fourth-order valence-corrected chi connectivity index (χ4v) is 3.19. The van der Waals surface area contributed by atoms with Gasteiger partial charge >= 0.3 is 0 Å². The first-order valence-electron chi connectivity index (χ1n) is 8.45. The number of aryl methyl sites for hydroxylation is 2. The lowest BCUT2D eigenvalue weighted by atomic mass is 10.1. The molecule has 1 unspecified atom stereocenters. The van der Waals surface area contributed by atoms with Gasteiger partial charge in [0.15, 0.2) is 5.82 Å². The molecule has 0 aliphatic carbocycles. The zero-order valence-corrected chi connectivity index (χ0v) is 14.1. The van der Waals surface area contributed by atoms with Crippen molar-refractivity contribution >= 4 is 5.69 Å². The molecular weight excluding hydrogens is 300 g/mol. The molecule has 124 valence electrons. The van der Waals surface area contributed by atoms with E-state index in [0.717, 1.165) is 36.7 Å². The van der Waals surface area contributed by atoms with Crippen LogP contribution in [-0.4, -0.2) is 24.5 Å². The number of nitrogens with zero attached hydrogens (tertiary/aromatic N) is 5. The summed E-state index contributed by atoms with van der Waals surface area (Å²) in [6, 6.07) is 8.85. The molecule has 0 spiro atoms. The number of aromatic nitrogens is 5. The Hall–Kier alpha value is -2.63. The van der Waals surface area contributed by atoms with Crippen LogP contribution >= 0.6 is 0 Å². The van der Waals surface area contributed by atoms with Crippen molar-refractivity contribution in [2.24, 2.45) is 0 Å². The van der Waals surface area contributed by atoms with Crippen LogP contribution in [0.25, 0.3) is 0 Å². The van der Waals surface area contributed by atoms with Gasteiger partial charge in [0, 0.05) is 25.2 Å². The number of benzene rings is 1. The highest BCUT2D eigenvalue weighted by Crippen LogP contribution is 2.20. The van der Waals surface area contributed by atoms with E-state index in [1.807, 2.05) is 17.1 Å². The van der Waals surface area contributed by atoms with Crippen molar-refractivity contribution < 1.29 is 0 Å². The average Bonchev–Trinajstić information content (AvgIpc) is 3.27. The fourth-order valence-electron chi connectivity index (χ4n) is 3.19. The fraction of sp³-hybridized carbons (Fsp3) is 0.389. The molecule has 3 aromatic rings. The first-order chi connectivity index (χ1) is 11.7. The first-order valence-corrected chi connectivity index (χ1v) is 8.45. The number of hydrogen-bond acceptors (Lipinski definition) is 4. The van der Waals surface area contributed by atoms with Gasteiger partial charge < -0.3 is 9.88 Å². The van der Waals surface area contributed by atoms with Crippen molar-refractivity contribution in [3.05, 3.63) is 59.4 Å². The molecule has 3 heterocycles. The molecule has 6 heteroatoms. The van der Waals surface area contributed by atoms with Gasteiger partial charge in [-0.1, -0.05) is 29.8 Å². The Kier molecular flexibility index (Phi) is 3.80. The zero-order chi connectivity index (χ0) is 16.5. The predicted molar refractivity (Wildman–Crippen MR) is 92.9 cm³/mol. The summed E-state index contributed by atoms with van der Waals surface area (Å²) in [6.07, 6.45) is 6.10. The van der Waals surface area contributed by atoms with Crippen molar-refractivity contribution in [2.45, 2.75) is 45.8 Å². The maximum absolute atomic E-state index is 4.45. The van der Waals surface area contributed by atoms with Gasteiger partial charge in [0.1, 0.15) is 12.4 Å². The van der Waals surface area contributed by atoms with Crippen molar-refractivity contribution in [3.8, 4) is 0 Å². The summed E-state index contributed by atoms with van der Waals surface area (Å²) in [5.41, 5.74) is 3.56. The number of anilines is 1. The number of rotatable bonds is 5. The molecule has 1 atom stereocenters. The van der Waals surface area contributed by atoms with Gasteiger partial charge in [0.2, 0.25) is 0 Å². The van der Waals surface area contributed by atoms with Gasteiger partial charge in [0.25, 0.3) is 0 Å². The first kappa shape index (κ1) is 14.9.